The first-order valence-electron chi connectivity index (χ1n) is 6.18. The van der Waals surface area contributed by atoms with Gasteiger partial charge in [0.25, 0.3) is 5.91 Å². The Morgan fingerprint density at radius 1 is 1.32 bits per heavy atom. The van der Waals surface area contributed by atoms with E-state index in [1.165, 1.54) is 13.3 Å². The molecule has 0 fully saturated rings. The molecule has 0 atom stereocenters. The Hall–Kier alpha value is -1.86. The summed E-state index contributed by atoms with van der Waals surface area (Å²) in [6.45, 7) is 0. The summed E-state index contributed by atoms with van der Waals surface area (Å²) in [5.41, 5.74) is 3.28. The molecule has 0 spiro atoms. The second-order valence-corrected chi connectivity index (χ2v) is 5.85. The molecular formula is C15H12Br2N2O3. The maximum absolute atomic E-state index is 11.9. The molecular weight excluding hydrogens is 416 g/mol. The summed E-state index contributed by atoms with van der Waals surface area (Å²) in [6.07, 6.45) is 1.34. The quantitative estimate of drug-likeness (QED) is 0.577. The van der Waals surface area contributed by atoms with E-state index < -0.39 is 0 Å². The van der Waals surface area contributed by atoms with Crippen LogP contribution in [0.15, 0.2) is 50.4 Å². The number of nitrogens with zero attached hydrogens (tertiary/aromatic N) is 1. The van der Waals surface area contributed by atoms with Crippen molar-refractivity contribution >= 4 is 44.0 Å². The first kappa shape index (κ1) is 16.5. The number of hydrogen-bond acceptors (Lipinski definition) is 4. The van der Waals surface area contributed by atoms with E-state index in [4.69, 9.17) is 4.74 Å². The Morgan fingerprint density at radius 3 is 2.64 bits per heavy atom. The summed E-state index contributed by atoms with van der Waals surface area (Å²) in [5.74, 6) is -0.115. The van der Waals surface area contributed by atoms with E-state index >= 15 is 0 Å². The molecule has 5 nitrogen and oxygen atoms in total. The topological polar surface area (TPSA) is 70.9 Å². The number of hydrazone groups is 1. The normalized spacial score (nSPS) is 10.7. The highest BCUT2D eigenvalue weighted by molar-refractivity contribution is 9.13. The van der Waals surface area contributed by atoms with Gasteiger partial charge >= 0.3 is 0 Å². The van der Waals surface area contributed by atoms with Gasteiger partial charge in [0.15, 0.2) is 11.5 Å². The molecule has 0 unspecified atom stereocenters. The summed E-state index contributed by atoms with van der Waals surface area (Å²) >= 11 is 6.68. The molecule has 2 N–H and O–H groups in total. The molecule has 0 aliphatic heterocycles. The average molecular weight is 428 g/mol. The number of aromatic hydroxyl groups is 1. The van der Waals surface area contributed by atoms with Crippen LogP contribution in [0.5, 0.6) is 11.5 Å². The Morgan fingerprint density at radius 2 is 2.00 bits per heavy atom. The number of hydrogen-bond donors (Lipinski definition) is 2. The summed E-state index contributed by atoms with van der Waals surface area (Å²) < 4.78 is 6.36. The molecule has 1 amide bonds. The summed E-state index contributed by atoms with van der Waals surface area (Å²) in [7, 11) is 1.45. The molecule has 0 radical (unpaired) electrons. The molecule has 0 aliphatic rings. The van der Waals surface area contributed by atoms with Crippen molar-refractivity contribution in [2.24, 2.45) is 5.10 Å². The monoisotopic (exact) mass is 426 g/mol. The Labute approximate surface area is 144 Å². The minimum atomic E-state index is -0.338. The number of carbonyl (C=O) groups is 1. The zero-order valence-corrected chi connectivity index (χ0v) is 14.7. The van der Waals surface area contributed by atoms with Crippen molar-refractivity contribution in [3.63, 3.8) is 0 Å². The van der Waals surface area contributed by atoms with Crippen LogP contribution in [0.2, 0.25) is 0 Å². The first-order valence-corrected chi connectivity index (χ1v) is 7.76. The van der Waals surface area contributed by atoms with Crippen LogP contribution in [0.1, 0.15) is 15.9 Å². The number of phenolic OH excluding ortho intramolecular Hbond substituents is 1. The van der Waals surface area contributed by atoms with E-state index in [1.54, 1.807) is 30.3 Å². The number of ether oxygens (including phenoxy) is 1. The van der Waals surface area contributed by atoms with Crippen LogP contribution in [0.25, 0.3) is 0 Å². The molecule has 114 valence electrons. The van der Waals surface area contributed by atoms with Crippen molar-refractivity contribution in [1.82, 2.24) is 5.43 Å². The lowest BCUT2D eigenvalue weighted by atomic mass is 10.2. The number of benzene rings is 2. The zero-order chi connectivity index (χ0) is 16.1. The van der Waals surface area contributed by atoms with Gasteiger partial charge in [0, 0.05) is 14.5 Å². The van der Waals surface area contributed by atoms with Crippen LogP contribution in [-0.4, -0.2) is 24.3 Å². The number of methoxy groups -OCH3 is 1. The molecule has 0 saturated carbocycles. The van der Waals surface area contributed by atoms with Crippen molar-refractivity contribution in [1.29, 1.82) is 0 Å². The van der Waals surface area contributed by atoms with Gasteiger partial charge in [-0.2, -0.15) is 5.10 Å². The molecule has 0 aliphatic carbocycles. The lowest BCUT2D eigenvalue weighted by Crippen LogP contribution is -2.17. The number of nitrogens with one attached hydrogen (secondary N) is 1. The second-order valence-electron chi connectivity index (χ2n) is 4.20. The SMILES string of the molecule is COc1cc(Br)c(Br)c(/C=N\NC(=O)c2ccccc2)c1O. The van der Waals surface area contributed by atoms with Crippen molar-refractivity contribution in [3.05, 3.63) is 56.5 Å². The average Bonchev–Trinajstić information content (AvgIpc) is 2.54. The molecule has 0 saturated heterocycles. The smallest absolute Gasteiger partial charge is 0.271 e. The molecule has 0 aromatic heterocycles. The predicted molar refractivity (Wildman–Crippen MR) is 91.6 cm³/mol. The Kier molecular flexibility index (Phi) is 5.57. The summed E-state index contributed by atoms with van der Waals surface area (Å²) in [6, 6.07) is 10.3. The van der Waals surface area contributed by atoms with Crippen LogP contribution in [-0.2, 0) is 0 Å². The number of phenols is 1. The van der Waals surface area contributed by atoms with Gasteiger partial charge < -0.3 is 9.84 Å². The van der Waals surface area contributed by atoms with E-state index in [0.29, 0.717) is 25.8 Å². The molecule has 2 aromatic carbocycles. The molecule has 0 heterocycles. The predicted octanol–water partition coefficient (Wildman–Crippen LogP) is 3.69. The first-order chi connectivity index (χ1) is 10.5. The van der Waals surface area contributed by atoms with Crippen molar-refractivity contribution in [3.8, 4) is 11.5 Å². The van der Waals surface area contributed by atoms with E-state index in [2.05, 4.69) is 42.4 Å². The van der Waals surface area contributed by atoms with Gasteiger partial charge in [-0.15, -0.1) is 0 Å². The van der Waals surface area contributed by atoms with Crippen LogP contribution < -0.4 is 10.2 Å². The number of rotatable bonds is 4. The Bertz CT molecular complexity index is 718. The van der Waals surface area contributed by atoms with Crippen molar-refractivity contribution in [2.75, 3.05) is 7.11 Å². The van der Waals surface area contributed by atoms with Crippen LogP contribution in [0.4, 0.5) is 0 Å². The summed E-state index contributed by atoms with van der Waals surface area (Å²) in [5, 5.41) is 14.0. The highest BCUT2D eigenvalue weighted by atomic mass is 79.9. The molecule has 0 bridgehead atoms. The van der Waals surface area contributed by atoms with Gasteiger partial charge in [-0.05, 0) is 50.1 Å². The summed E-state index contributed by atoms with van der Waals surface area (Å²) in [4.78, 5) is 11.9. The van der Waals surface area contributed by atoms with E-state index in [-0.39, 0.29) is 11.7 Å². The van der Waals surface area contributed by atoms with Crippen molar-refractivity contribution < 1.29 is 14.6 Å². The van der Waals surface area contributed by atoms with Gasteiger partial charge in [-0.25, -0.2) is 5.43 Å². The Balaban J connectivity index is 2.20. The maximum atomic E-state index is 11.9. The van der Waals surface area contributed by atoms with Crippen LogP contribution in [0, 0.1) is 0 Å². The fourth-order valence-corrected chi connectivity index (χ4v) is 2.52. The third-order valence-electron chi connectivity index (χ3n) is 2.81. The second kappa shape index (κ2) is 7.42. The van der Waals surface area contributed by atoms with E-state index in [1.807, 2.05) is 6.07 Å². The lowest BCUT2D eigenvalue weighted by Gasteiger charge is -2.09. The van der Waals surface area contributed by atoms with E-state index in [0.717, 1.165) is 0 Å². The minimum Gasteiger partial charge on any atom is -0.504 e. The van der Waals surface area contributed by atoms with Gasteiger partial charge in [-0.1, -0.05) is 18.2 Å². The molecule has 22 heavy (non-hydrogen) atoms. The molecule has 2 aromatic rings. The zero-order valence-electron chi connectivity index (χ0n) is 11.5. The van der Waals surface area contributed by atoms with Crippen molar-refractivity contribution in [2.45, 2.75) is 0 Å². The van der Waals surface area contributed by atoms with Crippen LogP contribution in [0.3, 0.4) is 0 Å². The largest absolute Gasteiger partial charge is 0.504 e. The molecule has 2 rings (SSSR count). The number of halogens is 2. The number of amides is 1. The fourth-order valence-electron chi connectivity index (χ4n) is 1.70. The molecule has 7 heteroatoms. The van der Waals surface area contributed by atoms with Gasteiger partial charge in [-0.3, -0.25) is 4.79 Å². The van der Waals surface area contributed by atoms with Gasteiger partial charge in [0.05, 0.1) is 18.9 Å². The third-order valence-corrected chi connectivity index (χ3v) is 4.82. The standard InChI is InChI=1S/C15H12Br2N2O3/c1-22-12-7-11(16)13(17)10(14(12)20)8-18-19-15(21)9-5-3-2-4-6-9/h2-8,20H,1H3,(H,19,21)/b18-8-. The highest BCUT2D eigenvalue weighted by Crippen LogP contribution is 2.39. The highest BCUT2D eigenvalue weighted by Gasteiger charge is 2.14. The van der Waals surface area contributed by atoms with Crippen LogP contribution >= 0.6 is 31.9 Å². The fraction of sp³-hybridized carbons (Fsp3) is 0.0667. The van der Waals surface area contributed by atoms with Gasteiger partial charge in [0.1, 0.15) is 0 Å². The third kappa shape index (κ3) is 3.66. The van der Waals surface area contributed by atoms with E-state index in [9.17, 15) is 9.90 Å². The maximum Gasteiger partial charge on any atom is 0.271 e. The number of carbonyl (C=O) groups excluding carboxylic acids is 1. The minimum absolute atomic E-state index is 0.0738. The van der Waals surface area contributed by atoms with Gasteiger partial charge in [0.2, 0.25) is 0 Å². The lowest BCUT2D eigenvalue weighted by molar-refractivity contribution is 0.0955.